The van der Waals surface area contributed by atoms with Crippen LogP contribution in [0, 0.1) is 25.7 Å². The quantitative estimate of drug-likeness (QED) is 0.450. The van der Waals surface area contributed by atoms with Gasteiger partial charge < -0.3 is 15.3 Å². The molecule has 0 aromatic heterocycles. The van der Waals surface area contributed by atoms with Crippen molar-refractivity contribution < 1.29 is 24.3 Å². The highest BCUT2D eigenvalue weighted by molar-refractivity contribution is 5.92. The average Bonchev–Trinajstić information content (AvgIpc) is 3.30. The fraction of sp³-hybridized carbons (Fsp3) is 0.464. The molecule has 0 aliphatic heterocycles. The van der Waals surface area contributed by atoms with Gasteiger partial charge in [0.05, 0.1) is 6.42 Å². The number of amides is 2. The van der Waals surface area contributed by atoms with E-state index in [0.717, 1.165) is 53.1 Å². The van der Waals surface area contributed by atoms with Crippen LogP contribution in [0.25, 0.3) is 0 Å². The van der Waals surface area contributed by atoms with Crippen LogP contribution in [0.3, 0.4) is 0 Å². The molecule has 35 heavy (non-hydrogen) atoms. The lowest BCUT2D eigenvalue weighted by atomic mass is 10.0. The smallest absolute Gasteiger partial charge is 0.330 e. The molecule has 0 spiro atoms. The van der Waals surface area contributed by atoms with Crippen LogP contribution in [0.15, 0.2) is 42.5 Å². The lowest BCUT2D eigenvalue weighted by molar-refractivity contribution is -0.182. The highest BCUT2D eigenvalue weighted by atomic mass is 16.7. The third kappa shape index (κ3) is 7.57. The maximum Gasteiger partial charge on any atom is 0.330 e. The number of rotatable bonds is 10. The van der Waals surface area contributed by atoms with Crippen LogP contribution in [0.2, 0.25) is 0 Å². The van der Waals surface area contributed by atoms with Crippen LogP contribution in [-0.2, 0) is 20.8 Å². The minimum atomic E-state index is -1.08. The molecule has 2 aromatic carbocycles. The molecule has 2 N–H and O–H groups in total. The van der Waals surface area contributed by atoms with E-state index in [1.165, 1.54) is 0 Å². The first-order valence-corrected chi connectivity index (χ1v) is 12.3. The summed E-state index contributed by atoms with van der Waals surface area (Å²) < 4.78 is 0. The number of anilines is 1. The molecule has 1 atom stereocenters. The summed E-state index contributed by atoms with van der Waals surface area (Å²) in [6.07, 6.45) is 3.91. The second kappa shape index (κ2) is 11.9. The average molecular weight is 481 g/mol. The number of carboxylic acids is 1. The van der Waals surface area contributed by atoms with Crippen molar-refractivity contribution in [2.45, 2.75) is 72.3 Å². The monoisotopic (exact) mass is 480 g/mol. The fourth-order valence-corrected chi connectivity index (χ4v) is 4.58. The van der Waals surface area contributed by atoms with E-state index in [1.54, 1.807) is 24.3 Å². The SMILES string of the molecule is Cc1cc(C)cc(NC(=O)Cc2ccc(ON(C(=O)C3CCCC3)[C@H](CC(C)C)C(=O)O)cc2)c1. The largest absolute Gasteiger partial charge is 0.480 e. The first-order valence-electron chi connectivity index (χ1n) is 12.3. The van der Waals surface area contributed by atoms with Crippen LogP contribution >= 0.6 is 0 Å². The molecule has 1 saturated carbocycles. The molecule has 7 nitrogen and oxygen atoms in total. The number of carbonyl (C=O) groups is 3. The van der Waals surface area contributed by atoms with Gasteiger partial charge in [-0.1, -0.05) is 44.9 Å². The Hall–Kier alpha value is -3.35. The van der Waals surface area contributed by atoms with Gasteiger partial charge in [0.2, 0.25) is 5.91 Å². The number of hydrogen-bond acceptors (Lipinski definition) is 4. The fourth-order valence-electron chi connectivity index (χ4n) is 4.58. The van der Waals surface area contributed by atoms with Gasteiger partial charge in [-0.2, -0.15) is 5.06 Å². The Balaban J connectivity index is 1.70. The number of nitrogens with one attached hydrogen (secondary N) is 1. The van der Waals surface area contributed by atoms with Crippen molar-refractivity contribution in [3.05, 3.63) is 59.2 Å². The summed E-state index contributed by atoms with van der Waals surface area (Å²) in [4.78, 5) is 43.6. The van der Waals surface area contributed by atoms with Crippen LogP contribution in [0.5, 0.6) is 5.75 Å². The number of benzene rings is 2. The van der Waals surface area contributed by atoms with E-state index in [2.05, 4.69) is 5.32 Å². The number of hydroxylamine groups is 2. The van der Waals surface area contributed by atoms with Crippen molar-refractivity contribution in [1.82, 2.24) is 5.06 Å². The van der Waals surface area contributed by atoms with Gasteiger partial charge >= 0.3 is 5.97 Å². The van der Waals surface area contributed by atoms with Crippen LogP contribution in [0.1, 0.15) is 62.6 Å². The first kappa shape index (κ1) is 26.3. The van der Waals surface area contributed by atoms with Gasteiger partial charge in [0.25, 0.3) is 5.91 Å². The van der Waals surface area contributed by atoms with Crippen molar-refractivity contribution in [2.24, 2.45) is 11.8 Å². The zero-order chi connectivity index (χ0) is 25.5. The highest BCUT2D eigenvalue weighted by Crippen LogP contribution is 2.29. The molecular weight excluding hydrogens is 444 g/mol. The predicted octanol–water partition coefficient (Wildman–Crippen LogP) is 5.30. The maximum atomic E-state index is 13.2. The van der Waals surface area contributed by atoms with Crippen molar-refractivity contribution >= 4 is 23.5 Å². The number of hydrogen-bond donors (Lipinski definition) is 2. The van der Waals surface area contributed by atoms with Crippen molar-refractivity contribution in [3.63, 3.8) is 0 Å². The summed E-state index contributed by atoms with van der Waals surface area (Å²) in [5, 5.41) is 13.8. The van der Waals surface area contributed by atoms with E-state index in [1.807, 2.05) is 45.9 Å². The number of aliphatic carboxylic acids is 1. The molecule has 7 heteroatoms. The molecule has 0 saturated heterocycles. The first-order chi connectivity index (χ1) is 16.6. The van der Waals surface area contributed by atoms with Crippen LogP contribution in [-0.4, -0.2) is 34.0 Å². The molecule has 188 valence electrons. The molecule has 1 fully saturated rings. The molecular formula is C28H36N2O5. The molecule has 0 bridgehead atoms. The second-order valence-corrected chi connectivity index (χ2v) is 9.97. The number of carbonyl (C=O) groups excluding carboxylic acids is 2. The van der Waals surface area contributed by atoms with Gasteiger partial charge in [0, 0.05) is 11.6 Å². The normalized spacial score (nSPS) is 14.5. The van der Waals surface area contributed by atoms with Gasteiger partial charge in [0.1, 0.15) is 0 Å². The molecule has 1 aliphatic rings. The Labute approximate surface area is 207 Å². The minimum Gasteiger partial charge on any atom is -0.480 e. The van der Waals surface area contributed by atoms with Crippen molar-refractivity contribution in [2.75, 3.05) is 5.32 Å². The predicted molar refractivity (Wildman–Crippen MR) is 135 cm³/mol. The molecule has 2 aromatic rings. The van der Waals surface area contributed by atoms with Gasteiger partial charge in [0.15, 0.2) is 11.8 Å². The minimum absolute atomic E-state index is 0.0802. The number of carboxylic acid groups (broad SMARTS) is 1. The van der Waals surface area contributed by atoms with E-state index in [4.69, 9.17) is 4.84 Å². The van der Waals surface area contributed by atoms with E-state index >= 15 is 0 Å². The summed E-state index contributed by atoms with van der Waals surface area (Å²) in [5.41, 5.74) is 3.70. The Bertz CT molecular complexity index is 1020. The third-order valence-electron chi connectivity index (χ3n) is 6.18. The number of nitrogens with zero attached hydrogens (tertiary/aromatic N) is 1. The molecule has 0 unspecified atom stereocenters. The molecule has 2 amide bonds. The highest BCUT2D eigenvalue weighted by Gasteiger charge is 2.37. The molecule has 0 radical (unpaired) electrons. The lowest BCUT2D eigenvalue weighted by Gasteiger charge is -2.31. The van der Waals surface area contributed by atoms with Crippen molar-refractivity contribution in [3.8, 4) is 5.75 Å². The summed E-state index contributed by atoms with van der Waals surface area (Å²) in [6, 6.07) is 11.7. The summed E-state index contributed by atoms with van der Waals surface area (Å²) in [7, 11) is 0. The van der Waals surface area contributed by atoms with E-state index in [-0.39, 0.29) is 30.1 Å². The standard InChI is InChI=1S/C28H36N2O5/c1-18(2)13-25(28(33)34)30(27(32)22-7-5-6-8-22)35-24-11-9-21(10-12-24)17-26(31)29-23-15-19(3)14-20(4)16-23/h9-12,14-16,18,22,25H,5-8,13,17H2,1-4H3,(H,29,31)(H,33,34)/t25-/m1/s1. The zero-order valence-corrected chi connectivity index (χ0v) is 21.0. The van der Waals surface area contributed by atoms with Gasteiger partial charge in [-0.15, -0.1) is 0 Å². The summed E-state index contributed by atoms with van der Waals surface area (Å²) in [5.74, 6) is -1.25. The maximum absolute atomic E-state index is 13.2. The molecule has 3 rings (SSSR count). The Kier molecular flexibility index (Phi) is 8.90. The summed E-state index contributed by atoms with van der Waals surface area (Å²) in [6.45, 7) is 7.81. The van der Waals surface area contributed by atoms with Crippen molar-refractivity contribution in [1.29, 1.82) is 0 Å². The lowest BCUT2D eigenvalue weighted by Crippen LogP contribution is -2.49. The molecule has 0 heterocycles. The van der Waals surface area contributed by atoms with E-state index in [0.29, 0.717) is 12.2 Å². The second-order valence-electron chi connectivity index (χ2n) is 9.97. The van der Waals surface area contributed by atoms with E-state index in [9.17, 15) is 19.5 Å². The Morgan fingerprint density at radius 2 is 1.63 bits per heavy atom. The topological polar surface area (TPSA) is 95.9 Å². The Morgan fingerprint density at radius 3 is 2.17 bits per heavy atom. The van der Waals surface area contributed by atoms with Crippen LogP contribution < -0.4 is 10.2 Å². The summed E-state index contributed by atoms with van der Waals surface area (Å²) >= 11 is 0. The Morgan fingerprint density at radius 1 is 1.03 bits per heavy atom. The van der Waals surface area contributed by atoms with Crippen LogP contribution in [0.4, 0.5) is 5.69 Å². The molecule has 1 aliphatic carbocycles. The van der Waals surface area contributed by atoms with Gasteiger partial charge in [-0.25, -0.2) is 4.79 Å². The zero-order valence-electron chi connectivity index (χ0n) is 21.0. The van der Waals surface area contributed by atoms with E-state index < -0.39 is 12.0 Å². The van der Waals surface area contributed by atoms with Gasteiger partial charge in [-0.05, 0) is 80.0 Å². The number of aryl methyl sites for hydroxylation is 2. The van der Waals surface area contributed by atoms with Gasteiger partial charge in [-0.3, -0.25) is 9.59 Å². The third-order valence-corrected chi connectivity index (χ3v) is 6.18.